The molecule has 2 fully saturated rings. The lowest BCUT2D eigenvalue weighted by Crippen LogP contribution is -2.50. The molecule has 38 heavy (non-hydrogen) atoms. The maximum Gasteiger partial charge on any atom is 0.445 e. The van der Waals surface area contributed by atoms with Crippen LogP contribution in [0.15, 0.2) is 18.2 Å². The van der Waals surface area contributed by atoms with E-state index in [1.807, 2.05) is 0 Å². The van der Waals surface area contributed by atoms with Crippen LogP contribution < -0.4 is 9.64 Å². The molecule has 8 nitrogen and oxygen atoms in total. The van der Waals surface area contributed by atoms with Crippen LogP contribution in [0.1, 0.15) is 41.8 Å². The fourth-order valence-electron chi connectivity index (χ4n) is 4.32. The highest BCUT2D eigenvalue weighted by Crippen LogP contribution is 2.36. The van der Waals surface area contributed by atoms with Gasteiger partial charge in [0.05, 0.1) is 29.4 Å². The van der Waals surface area contributed by atoms with E-state index in [0.29, 0.717) is 63.2 Å². The Morgan fingerprint density at radius 3 is 2.24 bits per heavy atom. The molecule has 1 saturated heterocycles. The van der Waals surface area contributed by atoms with E-state index < -0.39 is 28.5 Å². The minimum absolute atomic E-state index is 0.0400. The molecule has 2 aromatic rings. The number of benzene rings is 1. The highest BCUT2D eigenvalue weighted by Gasteiger charge is 2.37. The van der Waals surface area contributed by atoms with Gasteiger partial charge in [-0.3, -0.25) is 4.79 Å². The van der Waals surface area contributed by atoms with Crippen LogP contribution in [0.25, 0.3) is 0 Å². The van der Waals surface area contributed by atoms with Crippen molar-refractivity contribution in [3.05, 3.63) is 34.3 Å². The number of hydrogen-bond donors (Lipinski definition) is 0. The summed E-state index contributed by atoms with van der Waals surface area (Å²) in [5, 5.41) is 14.8. The van der Waals surface area contributed by atoms with Crippen molar-refractivity contribution in [1.29, 1.82) is 5.26 Å². The summed E-state index contributed by atoms with van der Waals surface area (Å²) in [5.41, 5.74) is -1.51. The summed E-state index contributed by atoms with van der Waals surface area (Å²) < 4.78 is 89.2. The van der Waals surface area contributed by atoms with Gasteiger partial charge in [-0.1, -0.05) is 11.3 Å². The maximum absolute atomic E-state index is 13.2. The summed E-state index contributed by atoms with van der Waals surface area (Å²) in [6, 6.07) is 4.80. The third kappa shape index (κ3) is 6.84. The smallest absolute Gasteiger partial charge is 0.445 e. The van der Waals surface area contributed by atoms with Gasteiger partial charge in [0.2, 0.25) is 16.0 Å². The summed E-state index contributed by atoms with van der Waals surface area (Å²) in [5.74, 6) is -0.188. The molecule has 1 aromatic heterocycles. The Labute approximate surface area is 217 Å². The summed E-state index contributed by atoms with van der Waals surface area (Å²) in [6.45, 7) is 1.14. The number of halogens is 6. The minimum atomic E-state index is -4.66. The highest BCUT2D eigenvalue weighted by atomic mass is 32.1. The van der Waals surface area contributed by atoms with Gasteiger partial charge in [-0.05, 0) is 43.9 Å². The maximum atomic E-state index is 13.2. The van der Waals surface area contributed by atoms with Crippen molar-refractivity contribution >= 4 is 22.4 Å². The average molecular weight is 564 g/mol. The molecule has 0 radical (unpaired) electrons. The minimum Gasteiger partial charge on any atom is -0.490 e. The number of alkyl halides is 6. The van der Waals surface area contributed by atoms with Crippen LogP contribution in [0.2, 0.25) is 0 Å². The number of amides is 1. The van der Waals surface area contributed by atoms with Gasteiger partial charge >= 0.3 is 12.4 Å². The summed E-state index contributed by atoms with van der Waals surface area (Å²) in [7, 11) is 0. The number of hydrogen-bond acceptors (Lipinski definition) is 8. The van der Waals surface area contributed by atoms with E-state index in [1.165, 1.54) is 12.1 Å². The van der Waals surface area contributed by atoms with Crippen LogP contribution >= 0.6 is 11.3 Å². The number of carbonyl (C=O) groups excluding carboxylic acids is 1. The van der Waals surface area contributed by atoms with Crippen molar-refractivity contribution in [2.45, 2.75) is 50.2 Å². The van der Waals surface area contributed by atoms with E-state index in [9.17, 15) is 31.1 Å². The zero-order chi connectivity index (χ0) is 27.5. The van der Waals surface area contributed by atoms with Gasteiger partial charge in [-0.25, -0.2) is 0 Å². The standard InChI is InChI=1S/C23H23F6N5O3S/c24-22(25,26)18-11-17(2-1-14(18)12-30)37-16-5-3-15(4-6-16)36-13-19(35)33-7-9-34(10-8-33)21-32-31-20(38-21)23(27,28)29/h1-2,11,15-16H,3-10,13H2. The molecular weight excluding hydrogens is 540 g/mol. The average Bonchev–Trinajstić information content (AvgIpc) is 3.39. The van der Waals surface area contributed by atoms with Gasteiger partial charge in [-0.15, -0.1) is 10.2 Å². The molecular formula is C23H23F6N5O3S. The summed E-state index contributed by atoms with van der Waals surface area (Å²) >= 11 is 0.466. The first-order valence-electron chi connectivity index (χ1n) is 11.8. The van der Waals surface area contributed by atoms with Crippen molar-refractivity contribution in [2.24, 2.45) is 0 Å². The Morgan fingerprint density at radius 1 is 1.00 bits per heavy atom. The number of rotatable bonds is 6. The van der Waals surface area contributed by atoms with Crippen molar-refractivity contribution in [2.75, 3.05) is 37.7 Å². The SMILES string of the molecule is N#Cc1ccc(OC2CCC(OCC(=O)N3CCN(c4nnc(C(F)(F)F)s4)CC3)CC2)cc1C(F)(F)F. The molecule has 15 heteroatoms. The number of ether oxygens (including phenoxy) is 2. The van der Waals surface area contributed by atoms with E-state index >= 15 is 0 Å². The number of aromatic nitrogens is 2. The molecule has 206 valence electrons. The number of anilines is 1. The van der Waals surface area contributed by atoms with Gasteiger partial charge in [0, 0.05) is 26.2 Å². The van der Waals surface area contributed by atoms with Crippen LogP contribution in [0.3, 0.4) is 0 Å². The predicted molar refractivity (Wildman–Crippen MR) is 122 cm³/mol. The Balaban J connectivity index is 1.19. The zero-order valence-corrected chi connectivity index (χ0v) is 20.7. The molecule has 2 heterocycles. The highest BCUT2D eigenvalue weighted by molar-refractivity contribution is 7.15. The Hall–Kier alpha value is -3.12. The lowest BCUT2D eigenvalue weighted by Gasteiger charge is -2.35. The van der Waals surface area contributed by atoms with Gasteiger partial charge in [-0.2, -0.15) is 31.6 Å². The fourth-order valence-corrected chi connectivity index (χ4v) is 5.09. The molecule has 4 rings (SSSR count). The van der Waals surface area contributed by atoms with E-state index in [-0.39, 0.29) is 35.6 Å². The van der Waals surface area contributed by atoms with Crippen molar-refractivity contribution in [3.63, 3.8) is 0 Å². The van der Waals surface area contributed by atoms with Gasteiger partial charge < -0.3 is 19.3 Å². The second kappa shape index (κ2) is 11.3. The van der Waals surface area contributed by atoms with E-state index in [1.54, 1.807) is 9.80 Å². The molecule has 1 aliphatic carbocycles. The summed E-state index contributed by atoms with van der Waals surface area (Å²) in [4.78, 5) is 15.8. The monoisotopic (exact) mass is 563 g/mol. The molecule has 1 amide bonds. The molecule has 0 spiro atoms. The normalized spacial score (nSPS) is 20.8. The number of nitriles is 1. The molecule has 0 atom stereocenters. The predicted octanol–water partition coefficient (Wildman–Crippen LogP) is 4.50. The first-order chi connectivity index (χ1) is 17.9. The van der Waals surface area contributed by atoms with E-state index in [4.69, 9.17) is 14.7 Å². The molecule has 2 aliphatic rings. The van der Waals surface area contributed by atoms with Gasteiger partial charge in [0.1, 0.15) is 12.4 Å². The molecule has 0 N–H and O–H groups in total. The van der Waals surface area contributed by atoms with Crippen LogP contribution in [0.5, 0.6) is 5.75 Å². The summed E-state index contributed by atoms with van der Waals surface area (Å²) in [6.07, 6.45) is -7.54. The first kappa shape index (κ1) is 27.9. The Kier molecular flexibility index (Phi) is 8.31. The third-order valence-corrected chi connectivity index (χ3v) is 7.37. The molecule has 1 aromatic carbocycles. The zero-order valence-electron chi connectivity index (χ0n) is 19.9. The Morgan fingerprint density at radius 2 is 1.66 bits per heavy atom. The molecule has 1 aliphatic heterocycles. The second-order valence-corrected chi connectivity index (χ2v) is 9.86. The van der Waals surface area contributed by atoms with Crippen LogP contribution in [-0.4, -0.2) is 66.0 Å². The number of carbonyl (C=O) groups is 1. The second-order valence-electron chi connectivity index (χ2n) is 8.90. The third-order valence-electron chi connectivity index (χ3n) is 6.34. The lowest BCUT2D eigenvalue weighted by atomic mass is 9.95. The first-order valence-corrected chi connectivity index (χ1v) is 12.6. The van der Waals surface area contributed by atoms with Crippen molar-refractivity contribution in [1.82, 2.24) is 15.1 Å². The number of piperazine rings is 1. The van der Waals surface area contributed by atoms with E-state index in [0.717, 1.165) is 12.1 Å². The Bertz CT molecular complexity index is 1170. The van der Waals surface area contributed by atoms with Crippen LogP contribution in [0, 0.1) is 11.3 Å². The van der Waals surface area contributed by atoms with Gasteiger partial charge in [0.25, 0.3) is 0 Å². The van der Waals surface area contributed by atoms with Crippen molar-refractivity contribution in [3.8, 4) is 11.8 Å². The quantitative estimate of drug-likeness (QED) is 0.478. The lowest BCUT2D eigenvalue weighted by molar-refractivity contribution is -0.140. The topological polar surface area (TPSA) is 91.6 Å². The van der Waals surface area contributed by atoms with Crippen LogP contribution in [0.4, 0.5) is 31.5 Å². The van der Waals surface area contributed by atoms with E-state index in [2.05, 4.69) is 10.2 Å². The van der Waals surface area contributed by atoms with Crippen LogP contribution in [-0.2, 0) is 21.9 Å². The van der Waals surface area contributed by atoms with Crippen molar-refractivity contribution < 1.29 is 40.6 Å². The largest absolute Gasteiger partial charge is 0.490 e. The molecule has 1 saturated carbocycles. The number of nitrogens with zero attached hydrogens (tertiary/aromatic N) is 5. The molecule has 0 unspecified atom stereocenters. The molecule has 0 bridgehead atoms. The van der Waals surface area contributed by atoms with Gasteiger partial charge in [0.15, 0.2) is 0 Å². The fraction of sp³-hybridized carbons (Fsp3) is 0.565.